The number of rotatable bonds is 4. The van der Waals surface area contributed by atoms with Gasteiger partial charge in [0.2, 0.25) is 5.43 Å². The van der Waals surface area contributed by atoms with Gasteiger partial charge >= 0.3 is 0 Å². The number of nitro groups is 1. The minimum atomic E-state index is -0.684. The maximum absolute atomic E-state index is 12.8. The van der Waals surface area contributed by atoms with E-state index in [9.17, 15) is 19.7 Å². The Morgan fingerprint density at radius 1 is 1.14 bits per heavy atom. The van der Waals surface area contributed by atoms with Gasteiger partial charge in [-0.15, -0.1) is 0 Å². The van der Waals surface area contributed by atoms with Crippen molar-refractivity contribution in [1.29, 1.82) is 0 Å². The van der Waals surface area contributed by atoms with Crippen LogP contribution in [0.5, 0.6) is 0 Å². The Bertz CT molecular complexity index is 1180. The van der Waals surface area contributed by atoms with Gasteiger partial charge in [-0.3, -0.25) is 19.7 Å². The molecule has 148 valence electrons. The fourth-order valence-electron chi connectivity index (χ4n) is 3.03. The molecule has 1 N–H and O–H groups in total. The van der Waals surface area contributed by atoms with E-state index in [2.05, 4.69) is 26.3 Å². The maximum Gasteiger partial charge on any atom is 0.294 e. The van der Waals surface area contributed by atoms with Crippen molar-refractivity contribution in [3.63, 3.8) is 0 Å². The average molecular weight is 457 g/mol. The summed E-state index contributed by atoms with van der Waals surface area (Å²) in [6.07, 6.45) is 0. The average Bonchev–Trinajstić information content (AvgIpc) is 2.64. The van der Waals surface area contributed by atoms with Gasteiger partial charge in [0.15, 0.2) is 5.69 Å². The van der Waals surface area contributed by atoms with E-state index in [4.69, 9.17) is 0 Å². The molecule has 0 aliphatic rings. The number of halogens is 1. The first kappa shape index (κ1) is 20.4. The van der Waals surface area contributed by atoms with Crippen LogP contribution in [-0.2, 0) is 0 Å². The number of benzene rings is 2. The van der Waals surface area contributed by atoms with E-state index in [-0.39, 0.29) is 17.1 Å². The molecule has 0 spiro atoms. The number of nitrogens with one attached hydrogen (secondary N) is 1. The number of carbonyl (C=O) groups excluding carboxylic acids is 1. The molecular formula is C20H17BrN4O4. The number of anilines is 1. The van der Waals surface area contributed by atoms with Crippen LogP contribution in [0.4, 0.5) is 11.4 Å². The highest BCUT2D eigenvalue weighted by molar-refractivity contribution is 9.10. The molecule has 1 heterocycles. The van der Waals surface area contributed by atoms with Crippen molar-refractivity contribution in [2.45, 2.75) is 20.8 Å². The highest BCUT2D eigenvalue weighted by Crippen LogP contribution is 2.26. The van der Waals surface area contributed by atoms with E-state index < -0.39 is 16.3 Å². The largest absolute Gasteiger partial charge is 0.320 e. The van der Waals surface area contributed by atoms with Crippen molar-refractivity contribution in [1.82, 2.24) is 9.78 Å². The van der Waals surface area contributed by atoms with Gasteiger partial charge in [-0.2, -0.15) is 5.10 Å². The Morgan fingerprint density at radius 3 is 2.38 bits per heavy atom. The number of nitro benzene ring substituents is 1. The SMILES string of the molecule is Cc1cc(Br)cc(C)c1NC(=O)c1nn(-c2ccccc2[N+](=O)[O-])c(C)cc1=O. The van der Waals surface area contributed by atoms with Crippen LogP contribution < -0.4 is 10.7 Å². The van der Waals surface area contributed by atoms with E-state index in [0.717, 1.165) is 15.6 Å². The summed E-state index contributed by atoms with van der Waals surface area (Å²) in [6, 6.07) is 10.9. The van der Waals surface area contributed by atoms with Crippen molar-refractivity contribution in [2.75, 3.05) is 5.32 Å². The lowest BCUT2D eigenvalue weighted by molar-refractivity contribution is -0.384. The normalized spacial score (nSPS) is 10.6. The van der Waals surface area contributed by atoms with Crippen molar-refractivity contribution in [3.8, 4) is 5.69 Å². The molecule has 0 bridgehead atoms. The minimum absolute atomic E-state index is 0.167. The number of hydrogen-bond donors (Lipinski definition) is 1. The van der Waals surface area contributed by atoms with Crippen molar-refractivity contribution >= 4 is 33.2 Å². The first-order valence-corrected chi connectivity index (χ1v) is 9.41. The molecule has 0 saturated heterocycles. The topological polar surface area (TPSA) is 107 Å². The molecule has 3 rings (SSSR count). The number of para-hydroxylation sites is 2. The minimum Gasteiger partial charge on any atom is -0.320 e. The molecule has 8 nitrogen and oxygen atoms in total. The van der Waals surface area contributed by atoms with Crippen LogP contribution in [0.25, 0.3) is 5.69 Å². The van der Waals surface area contributed by atoms with Gasteiger partial charge in [0.1, 0.15) is 5.69 Å². The van der Waals surface area contributed by atoms with Crippen LogP contribution >= 0.6 is 15.9 Å². The molecule has 0 unspecified atom stereocenters. The number of aromatic nitrogens is 2. The molecule has 9 heteroatoms. The van der Waals surface area contributed by atoms with E-state index >= 15 is 0 Å². The highest BCUT2D eigenvalue weighted by Gasteiger charge is 2.21. The molecule has 0 aliphatic heterocycles. The number of amides is 1. The van der Waals surface area contributed by atoms with Crippen molar-refractivity contribution in [3.05, 3.63) is 89.8 Å². The fourth-order valence-corrected chi connectivity index (χ4v) is 3.71. The number of carbonyl (C=O) groups is 1. The number of hydrogen-bond acceptors (Lipinski definition) is 5. The summed E-state index contributed by atoms with van der Waals surface area (Å²) >= 11 is 3.40. The Balaban J connectivity index is 2.09. The van der Waals surface area contributed by atoms with Gasteiger partial charge < -0.3 is 5.32 Å². The van der Waals surface area contributed by atoms with Crippen LogP contribution in [0, 0.1) is 30.9 Å². The van der Waals surface area contributed by atoms with Crippen LogP contribution in [0.2, 0.25) is 0 Å². The summed E-state index contributed by atoms with van der Waals surface area (Å²) < 4.78 is 2.10. The molecule has 0 atom stereocenters. The van der Waals surface area contributed by atoms with Crippen LogP contribution in [0.1, 0.15) is 27.3 Å². The third kappa shape index (κ3) is 4.09. The predicted octanol–water partition coefficient (Wildman–Crippen LogP) is 4.08. The van der Waals surface area contributed by atoms with E-state index in [1.165, 1.54) is 28.9 Å². The van der Waals surface area contributed by atoms with Gasteiger partial charge in [0.25, 0.3) is 11.6 Å². The molecule has 0 aliphatic carbocycles. The third-order valence-electron chi connectivity index (χ3n) is 4.37. The van der Waals surface area contributed by atoms with Crippen molar-refractivity contribution in [2.24, 2.45) is 0 Å². The molecule has 0 saturated carbocycles. The van der Waals surface area contributed by atoms with E-state index in [1.54, 1.807) is 13.0 Å². The summed E-state index contributed by atoms with van der Waals surface area (Å²) in [5, 5.41) is 18.2. The molecule has 0 radical (unpaired) electrons. The number of nitrogens with zero attached hydrogens (tertiary/aromatic N) is 3. The Hall–Kier alpha value is -3.33. The quantitative estimate of drug-likeness (QED) is 0.469. The van der Waals surface area contributed by atoms with Gasteiger partial charge in [-0.25, -0.2) is 4.68 Å². The van der Waals surface area contributed by atoms with Gasteiger partial charge in [0.05, 0.1) is 4.92 Å². The summed E-state index contributed by atoms with van der Waals surface area (Å²) in [7, 11) is 0. The molecule has 0 fully saturated rings. The smallest absolute Gasteiger partial charge is 0.294 e. The van der Waals surface area contributed by atoms with Crippen LogP contribution in [0.3, 0.4) is 0 Å². The molecule has 3 aromatic rings. The van der Waals surface area contributed by atoms with E-state index in [1.807, 2.05) is 26.0 Å². The lowest BCUT2D eigenvalue weighted by atomic mass is 10.1. The van der Waals surface area contributed by atoms with Crippen molar-refractivity contribution < 1.29 is 9.72 Å². The summed E-state index contributed by atoms with van der Waals surface area (Å²) in [6.45, 7) is 5.26. The second kappa shape index (κ2) is 7.96. The Kier molecular flexibility index (Phi) is 5.60. The summed E-state index contributed by atoms with van der Waals surface area (Å²) in [4.78, 5) is 36.0. The Morgan fingerprint density at radius 2 is 1.76 bits per heavy atom. The molecule has 29 heavy (non-hydrogen) atoms. The van der Waals surface area contributed by atoms with Crippen LogP contribution in [-0.4, -0.2) is 20.6 Å². The maximum atomic E-state index is 12.8. The second-order valence-corrected chi connectivity index (χ2v) is 7.44. The first-order valence-electron chi connectivity index (χ1n) is 8.62. The summed E-state index contributed by atoms with van der Waals surface area (Å²) in [5.41, 5.74) is 1.65. The molecule has 1 amide bonds. The second-order valence-electron chi connectivity index (χ2n) is 6.52. The highest BCUT2D eigenvalue weighted by atomic mass is 79.9. The zero-order valence-electron chi connectivity index (χ0n) is 15.9. The predicted molar refractivity (Wildman–Crippen MR) is 113 cm³/mol. The zero-order chi connectivity index (χ0) is 21.3. The van der Waals surface area contributed by atoms with Crippen LogP contribution in [0.15, 0.2) is 51.7 Å². The fraction of sp³-hybridized carbons (Fsp3) is 0.150. The Labute approximate surface area is 174 Å². The number of aryl methyl sites for hydroxylation is 3. The van der Waals surface area contributed by atoms with E-state index in [0.29, 0.717) is 11.4 Å². The zero-order valence-corrected chi connectivity index (χ0v) is 17.5. The van der Waals surface area contributed by atoms with Gasteiger partial charge in [0, 0.05) is 28.0 Å². The monoisotopic (exact) mass is 456 g/mol. The van der Waals surface area contributed by atoms with Gasteiger partial charge in [-0.05, 0) is 50.1 Å². The third-order valence-corrected chi connectivity index (χ3v) is 4.82. The standard InChI is InChI=1S/C20H17BrN4O4/c1-11-8-14(21)9-12(2)18(11)22-20(27)19-17(26)10-13(3)24(23-19)15-6-4-5-7-16(15)25(28)29/h4-10H,1-3H3,(H,22,27). The van der Waals surface area contributed by atoms with Gasteiger partial charge in [-0.1, -0.05) is 28.1 Å². The summed E-state index contributed by atoms with van der Waals surface area (Å²) in [5.74, 6) is -0.684. The first-order chi connectivity index (χ1) is 13.7. The molecule has 2 aromatic carbocycles. The lowest BCUT2D eigenvalue weighted by Crippen LogP contribution is -2.27. The molecular weight excluding hydrogens is 440 g/mol. The molecule has 1 aromatic heterocycles. The lowest BCUT2D eigenvalue weighted by Gasteiger charge is -2.14.